The van der Waals surface area contributed by atoms with Gasteiger partial charge in [-0.15, -0.1) is 11.6 Å². The zero-order valence-corrected chi connectivity index (χ0v) is 8.31. The maximum Gasteiger partial charge on any atom is 0.278 e. The van der Waals surface area contributed by atoms with Crippen molar-refractivity contribution in [1.82, 2.24) is 4.98 Å². The highest BCUT2D eigenvalue weighted by molar-refractivity contribution is 6.17. The van der Waals surface area contributed by atoms with E-state index in [1.54, 1.807) is 6.07 Å². The average molecular weight is 233 g/mol. The van der Waals surface area contributed by atoms with Crippen LogP contribution in [0, 0.1) is 11.3 Å². The van der Waals surface area contributed by atoms with Crippen molar-refractivity contribution in [3.05, 3.63) is 33.2 Å². The first-order valence-corrected chi connectivity index (χ1v) is 4.59. The van der Waals surface area contributed by atoms with Crippen molar-refractivity contribution in [2.75, 3.05) is 0 Å². The van der Waals surface area contributed by atoms with Gasteiger partial charge in [0.05, 0.1) is 24.1 Å². The molecule has 0 atom stereocenters. The molecular weight excluding hydrogens is 226 g/mol. The molecule has 6 heteroatoms. The van der Waals surface area contributed by atoms with Crippen LogP contribution in [0.15, 0.2) is 10.9 Å². The van der Waals surface area contributed by atoms with Gasteiger partial charge in [0.2, 0.25) is 0 Å². The van der Waals surface area contributed by atoms with Crippen LogP contribution in [0.3, 0.4) is 0 Å². The zero-order valence-electron chi connectivity index (χ0n) is 7.56. The summed E-state index contributed by atoms with van der Waals surface area (Å²) >= 11 is 5.45. The lowest BCUT2D eigenvalue weighted by Crippen LogP contribution is -2.16. The minimum Gasteiger partial charge on any atom is -0.321 e. The van der Waals surface area contributed by atoms with Crippen LogP contribution in [-0.4, -0.2) is 4.98 Å². The van der Waals surface area contributed by atoms with Crippen molar-refractivity contribution >= 4 is 11.6 Å². The first kappa shape index (κ1) is 11.7. The number of aromatic nitrogens is 1. The normalized spacial score (nSPS) is 10.3. The van der Waals surface area contributed by atoms with Crippen LogP contribution in [0.25, 0.3) is 0 Å². The monoisotopic (exact) mass is 232 g/mol. The summed E-state index contributed by atoms with van der Waals surface area (Å²) in [5.41, 5.74) is -0.841. The molecule has 0 saturated carbocycles. The van der Waals surface area contributed by atoms with Crippen LogP contribution in [0.1, 0.15) is 23.2 Å². The van der Waals surface area contributed by atoms with E-state index in [1.165, 1.54) is 6.07 Å². The van der Waals surface area contributed by atoms with E-state index in [-0.39, 0.29) is 23.4 Å². The molecule has 0 aliphatic heterocycles. The van der Waals surface area contributed by atoms with Gasteiger partial charge in [0.1, 0.15) is 0 Å². The second kappa shape index (κ2) is 4.89. The highest BCUT2D eigenvalue weighted by Crippen LogP contribution is 2.20. The smallest absolute Gasteiger partial charge is 0.278 e. The van der Waals surface area contributed by atoms with Crippen molar-refractivity contribution in [3.63, 3.8) is 0 Å². The largest absolute Gasteiger partial charge is 0.321 e. The molecule has 80 valence electrons. The fourth-order valence-electron chi connectivity index (χ4n) is 1.16. The third kappa shape index (κ3) is 2.54. The van der Waals surface area contributed by atoms with E-state index in [4.69, 9.17) is 16.9 Å². The Morgan fingerprint density at radius 2 is 2.20 bits per heavy atom. The number of rotatable bonds is 3. The molecule has 0 unspecified atom stereocenters. The van der Waals surface area contributed by atoms with E-state index in [1.807, 2.05) is 4.98 Å². The molecule has 1 aromatic heterocycles. The van der Waals surface area contributed by atoms with Gasteiger partial charge < -0.3 is 4.98 Å². The number of hydrogen-bond donors (Lipinski definition) is 1. The highest BCUT2D eigenvalue weighted by atomic mass is 35.5. The summed E-state index contributed by atoms with van der Waals surface area (Å²) < 4.78 is 24.9. The Labute approximate surface area is 89.3 Å². The second-order valence-corrected chi connectivity index (χ2v) is 3.10. The Hall–Kier alpha value is -1.41. The summed E-state index contributed by atoms with van der Waals surface area (Å²) in [6, 6.07) is 3.00. The number of nitrogens with one attached hydrogen (secondary N) is 1. The summed E-state index contributed by atoms with van der Waals surface area (Å²) in [5.74, 6) is -0.0721. The molecule has 3 nitrogen and oxygen atoms in total. The summed E-state index contributed by atoms with van der Waals surface area (Å²) in [6.45, 7) is 0. The number of nitrogens with zero attached hydrogens (tertiary/aromatic N) is 1. The fourth-order valence-corrected chi connectivity index (χ4v) is 1.36. The summed E-state index contributed by atoms with van der Waals surface area (Å²) in [6.07, 6.45) is -2.98. The molecule has 1 rings (SSSR count). The summed E-state index contributed by atoms with van der Waals surface area (Å²) in [4.78, 5) is 13.2. The van der Waals surface area contributed by atoms with E-state index in [2.05, 4.69) is 0 Å². The van der Waals surface area contributed by atoms with Gasteiger partial charge in [-0.2, -0.15) is 5.26 Å². The molecular formula is C9H7ClF2N2O. The van der Waals surface area contributed by atoms with Crippen LogP contribution in [-0.2, 0) is 12.3 Å². The summed E-state index contributed by atoms with van der Waals surface area (Å²) in [5, 5.41) is 8.44. The molecule has 0 bridgehead atoms. The lowest BCUT2D eigenvalue weighted by atomic mass is 10.1. The molecule has 0 amide bonds. The number of pyridine rings is 1. The molecule has 1 aromatic rings. The number of nitriles is 1. The van der Waals surface area contributed by atoms with E-state index in [0.29, 0.717) is 0 Å². The third-order valence-electron chi connectivity index (χ3n) is 1.87. The molecule has 1 N–H and O–H groups in total. The Bertz CT molecular complexity index is 450. The topological polar surface area (TPSA) is 56.6 Å². The average Bonchev–Trinajstić information content (AvgIpc) is 2.20. The number of aromatic amines is 1. The van der Waals surface area contributed by atoms with Gasteiger partial charge in [-0.1, -0.05) is 0 Å². The van der Waals surface area contributed by atoms with Crippen LogP contribution < -0.4 is 5.56 Å². The Balaban J connectivity index is 3.33. The Morgan fingerprint density at radius 1 is 1.53 bits per heavy atom. The minimum absolute atomic E-state index is 0.0721. The molecule has 0 spiro atoms. The van der Waals surface area contributed by atoms with Crippen LogP contribution in [0.4, 0.5) is 8.78 Å². The molecule has 0 aliphatic rings. The van der Waals surface area contributed by atoms with E-state index < -0.39 is 17.7 Å². The molecule has 0 saturated heterocycles. The van der Waals surface area contributed by atoms with Gasteiger partial charge in [0.25, 0.3) is 12.0 Å². The maximum absolute atomic E-state index is 12.5. The van der Waals surface area contributed by atoms with Crippen LogP contribution >= 0.6 is 11.6 Å². The van der Waals surface area contributed by atoms with Gasteiger partial charge in [-0.3, -0.25) is 4.79 Å². The predicted octanol–water partition coefficient (Wildman–Crippen LogP) is 2.12. The maximum atomic E-state index is 12.5. The standard InChI is InChI=1S/C9H7ClF2N2O/c10-4-6-3-5(1-2-13)7(8(11)12)14-9(6)15/h3,8H,1,4H2,(H,14,15). The van der Waals surface area contributed by atoms with Crippen molar-refractivity contribution < 1.29 is 8.78 Å². The van der Waals surface area contributed by atoms with Crippen molar-refractivity contribution in [1.29, 1.82) is 5.26 Å². The number of halogens is 3. The molecule has 0 fully saturated rings. The molecule has 15 heavy (non-hydrogen) atoms. The van der Waals surface area contributed by atoms with Crippen LogP contribution in [0.5, 0.6) is 0 Å². The van der Waals surface area contributed by atoms with Gasteiger partial charge in [-0.25, -0.2) is 8.78 Å². The Kier molecular flexibility index (Phi) is 3.81. The van der Waals surface area contributed by atoms with Crippen molar-refractivity contribution in [2.24, 2.45) is 0 Å². The fraction of sp³-hybridized carbons (Fsp3) is 0.333. The van der Waals surface area contributed by atoms with Gasteiger partial charge in [0.15, 0.2) is 0 Å². The third-order valence-corrected chi connectivity index (χ3v) is 2.15. The second-order valence-electron chi connectivity index (χ2n) is 2.83. The first-order chi connectivity index (χ1) is 7.10. The number of H-pyrrole nitrogens is 1. The molecule has 0 aliphatic carbocycles. The van der Waals surface area contributed by atoms with Crippen molar-refractivity contribution in [3.8, 4) is 6.07 Å². The van der Waals surface area contributed by atoms with E-state index in [0.717, 1.165) is 0 Å². The number of alkyl halides is 3. The summed E-state index contributed by atoms with van der Waals surface area (Å²) in [7, 11) is 0. The van der Waals surface area contributed by atoms with Gasteiger partial charge in [0, 0.05) is 5.56 Å². The van der Waals surface area contributed by atoms with Crippen LogP contribution in [0.2, 0.25) is 0 Å². The molecule has 1 heterocycles. The minimum atomic E-state index is -2.80. The predicted molar refractivity (Wildman–Crippen MR) is 50.9 cm³/mol. The SMILES string of the molecule is N#CCc1cc(CCl)c(=O)[nH]c1C(F)F. The Morgan fingerprint density at radius 3 is 2.67 bits per heavy atom. The number of hydrogen-bond acceptors (Lipinski definition) is 2. The van der Waals surface area contributed by atoms with Gasteiger partial charge in [-0.05, 0) is 11.6 Å². The van der Waals surface area contributed by atoms with Crippen molar-refractivity contribution in [2.45, 2.75) is 18.7 Å². The highest BCUT2D eigenvalue weighted by Gasteiger charge is 2.15. The van der Waals surface area contributed by atoms with Gasteiger partial charge >= 0.3 is 0 Å². The first-order valence-electron chi connectivity index (χ1n) is 4.06. The zero-order chi connectivity index (χ0) is 11.4. The molecule has 0 radical (unpaired) electrons. The quantitative estimate of drug-likeness (QED) is 0.812. The lowest BCUT2D eigenvalue weighted by molar-refractivity contribution is 0.144. The lowest BCUT2D eigenvalue weighted by Gasteiger charge is -2.06. The van der Waals surface area contributed by atoms with E-state index >= 15 is 0 Å². The van der Waals surface area contributed by atoms with E-state index in [9.17, 15) is 13.6 Å². The molecule has 0 aromatic carbocycles.